The maximum Gasteiger partial charge on any atom is 0.125 e. The molecule has 0 saturated carbocycles. The number of hydrogen-bond acceptors (Lipinski definition) is 2. The predicted octanol–water partition coefficient (Wildman–Crippen LogP) is 4.62. The summed E-state index contributed by atoms with van der Waals surface area (Å²) in [5, 5.41) is 3.32. The highest BCUT2D eigenvalue weighted by molar-refractivity contribution is 5.50. The van der Waals surface area contributed by atoms with Gasteiger partial charge in [0, 0.05) is 11.3 Å². The third-order valence-electron chi connectivity index (χ3n) is 3.28. The number of hydrogen-bond donors (Lipinski definition) is 1. The molecule has 2 rings (SSSR count). The summed E-state index contributed by atoms with van der Waals surface area (Å²) >= 11 is 0. The molecule has 1 unspecified atom stereocenters. The minimum Gasteiger partial charge on any atom is -0.496 e. The lowest BCUT2D eigenvalue weighted by molar-refractivity contribution is 0.408. The average molecular weight is 273 g/mol. The molecule has 0 bridgehead atoms. The number of nitrogens with one attached hydrogen (secondary N) is 1. The van der Waals surface area contributed by atoms with Gasteiger partial charge in [-0.25, -0.2) is 4.39 Å². The first kappa shape index (κ1) is 14.4. The van der Waals surface area contributed by atoms with E-state index in [1.807, 2.05) is 39.0 Å². The van der Waals surface area contributed by atoms with Crippen molar-refractivity contribution < 1.29 is 9.13 Å². The largest absolute Gasteiger partial charge is 0.496 e. The molecule has 0 aromatic heterocycles. The topological polar surface area (TPSA) is 21.3 Å². The lowest BCUT2D eigenvalue weighted by atomic mass is 10.0. The molecule has 1 N–H and O–H groups in total. The van der Waals surface area contributed by atoms with E-state index in [1.54, 1.807) is 7.11 Å². The second-order valence-corrected chi connectivity index (χ2v) is 5.13. The fourth-order valence-corrected chi connectivity index (χ4v) is 2.34. The average Bonchev–Trinajstić information content (AvgIpc) is 2.37. The van der Waals surface area contributed by atoms with Crippen LogP contribution in [-0.2, 0) is 0 Å². The van der Waals surface area contributed by atoms with Gasteiger partial charge in [-0.05, 0) is 50.6 Å². The maximum absolute atomic E-state index is 13.4. The van der Waals surface area contributed by atoms with Crippen molar-refractivity contribution in [1.82, 2.24) is 0 Å². The predicted molar refractivity (Wildman–Crippen MR) is 80.9 cm³/mol. The van der Waals surface area contributed by atoms with Crippen molar-refractivity contribution in [3.05, 3.63) is 58.9 Å². The fourth-order valence-electron chi connectivity index (χ4n) is 2.34. The number of rotatable bonds is 4. The molecular formula is C17H20FNO. The van der Waals surface area contributed by atoms with Crippen LogP contribution in [0, 0.1) is 19.7 Å². The first-order valence-corrected chi connectivity index (χ1v) is 6.68. The Bertz CT molecular complexity index is 590. The van der Waals surface area contributed by atoms with Crippen LogP contribution in [0.5, 0.6) is 5.75 Å². The molecule has 0 aliphatic carbocycles. The number of ether oxygens (including phenoxy) is 1. The molecule has 0 aliphatic heterocycles. The smallest absolute Gasteiger partial charge is 0.125 e. The Kier molecular flexibility index (Phi) is 4.28. The molecule has 0 spiro atoms. The summed E-state index contributed by atoms with van der Waals surface area (Å²) in [6.45, 7) is 5.96. The second-order valence-electron chi connectivity index (χ2n) is 5.13. The zero-order valence-corrected chi connectivity index (χ0v) is 12.3. The zero-order valence-electron chi connectivity index (χ0n) is 12.3. The third-order valence-corrected chi connectivity index (χ3v) is 3.28. The molecule has 0 saturated heterocycles. The summed E-state index contributed by atoms with van der Waals surface area (Å²) in [7, 11) is 1.66. The van der Waals surface area contributed by atoms with Gasteiger partial charge in [-0.1, -0.05) is 17.7 Å². The lowest BCUT2D eigenvalue weighted by Crippen LogP contribution is -2.09. The SMILES string of the molecule is COc1ccc(C)cc1C(C)Nc1cc(C)cc(F)c1. The highest BCUT2D eigenvalue weighted by Gasteiger charge is 2.12. The standard InChI is InChI=1S/C17H20FNO/c1-11-5-6-17(20-4)16(9-11)13(3)19-15-8-12(2)7-14(18)10-15/h5-10,13,19H,1-4H3. The van der Waals surface area contributed by atoms with Gasteiger partial charge < -0.3 is 10.1 Å². The minimum atomic E-state index is -0.226. The van der Waals surface area contributed by atoms with Crippen LogP contribution in [0.15, 0.2) is 36.4 Å². The number of benzene rings is 2. The van der Waals surface area contributed by atoms with Crippen molar-refractivity contribution in [3.8, 4) is 5.75 Å². The van der Waals surface area contributed by atoms with Crippen molar-refractivity contribution >= 4 is 5.69 Å². The van der Waals surface area contributed by atoms with E-state index in [0.29, 0.717) is 0 Å². The molecule has 2 aromatic rings. The van der Waals surface area contributed by atoms with Crippen molar-refractivity contribution in [3.63, 3.8) is 0 Å². The van der Waals surface area contributed by atoms with Gasteiger partial charge in [0.05, 0.1) is 13.2 Å². The Hall–Kier alpha value is -2.03. The van der Waals surface area contributed by atoms with Crippen LogP contribution >= 0.6 is 0 Å². The summed E-state index contributed by atoms with van der Waals surface area (Å²) in [5.74, 6) is 0.611. The molecule has 0 fully saturated rings. The normalized spacial score (nSPS) is 12.1. The number of anilines is 1. The van der Waals surface area contributed by atoms with Gasteiger partial charge in [0.15, 0.2) is 0 Å². The Balaban J connectivity index is 2.27. The summed E-state index contributed by atoms with van der Waals surface area (Å²) in [6, 6.07) is 11.0. The van der Waals surface area contributed by atoms with Crippen LogP contribution in [0.1, 0.15) is 29.7 Å². The van der Waals surface area contributed by atoms with E-state index in [2.05, 4.69) is 11.4 Å². The number of aryl methyl sites for hydroxylation is 2. The van der Waals surface area contributed by atoms with Crippen molar-refractivity contribution in [2.45, 2.75) is 26.8 Å². The highest BCUT2D eigenvalue weighted by atomic mass is 19.1. The van der Waals surface area contributed by atoms with E-state index >= 15 is 0 Å². The second kappa shape index (κ2) is 5.95. The number of methoxy groups -OCH3 is 1. The van der Waals surface area contributed by atoms with Gasteiger partial charge in [-0.15, -0.1) is 0 Å². The van der Waals surface area contributed by atoms with E-state index in [1.165, 1.54) is 17.7 Å². The van der Waals surface area contributed by atoms with Crippen LogP contribution in [0.2, 0.25) is 0 Å². The molecule has 20 heavy (non-hydrogen) atoms. The zero-order chi connectivity index (χ0) is 14.7. The highest BCUT2D eigenvalue weighted by Crippen LogP contribution is 2.29. The van der Waals surface area contributed by atoms with Crippen LogP contribution in [0.3, 0.4) is 0 Å². The molecule has 0 heterocycles. The van der Waals surface area contributed by atoms with Crippen LogP contribution in [-0.4, -0.2) is 7.11 Å². The van der Waals surface area contributed by atoms with Crippen molar-refractivity contribution in [2.24, 2.45) is 0 Å². The lowest BCUT2D eigenvalue weighted by Gasteiger charge is -2.19. The Morgan fingerprint density at radius 1 is 1.05 bits per heavy atom. The first-order chi connectivity index (χ1) is 9.49. The van der Waals surface area contributed by atoms with E-state index in [-0.39, 0.29) is 11.9 Å². The summed E-state index contributed by atoms with van der Waals surface area (Å²) < 4.78 is 18.8. The number of halogens is 1. The fraction of sp³-hybridized carbons (Fsp3) is 0.294. The first-order valence-electron chi connectivity index (χ1n) is 6.68. The van der Waals surface area contributed by atoms with E-state index < -0.39 is 0 Å². The van der Waals surface area contributed by atoms with Crippen LogP contribution in [0.4, 0.5) is 10.1 Å². The van der Waals surface area contributed by atoms with E-state index in [9.17, 15) is 4.39 Å². The van der Waals surface area contributed by atoms with Gasteiger partial charge >= 0.3 is 0 Å². The maximum atomic E-state index is 13.4. The molecule has 1 atom stereocenters. The summed E-state index contributed by atoms with van der Waals surface area (Å²) in [5.41, 5.74) is 3.91. The minimum absolute atomic E-state index is 0.0334. The summed E-state index contributed by atoms with van der Waals surface area (Å²) in [4.78, 5) is 0. The van der Waals surface area contributed by atoms with Gasteiger partial charge in [0.25, 0.3) is 0 Å². The molecule has 0 aliphatic rings. The third kappa shape index (κ3) is 3.29. The molecular weight excluding hydrogens is 253 g/mol. The molecule has 106 valence electrons. The quantitative estimate of drug-likeness (QED) is 0.877. The van der Waals surface area contributed by atoms with E-state index in [4.69, 9.17) is 4.74 Å². The van der Waals surface area contributed by atoms with Gasteiger partial charge in [0.1, 0.15) is 11.6 Å². The van der Waals surface area contributed by atoms with E-state index in [0.717, 1.165) is 22.6 Å². The molecule has 0 radical (unpaired) electrons. The molecule has 3 heteroatoms. The van der Waals surface area contributed by atoms with Crippen molar-refractivity contribution in [2.75, 3.05) is 12.4 Å². The monoisotopic (exact) mass is 273 g/mol. The Morgan fingerprint density at radius 3 is 2.45 bits per heavy atom. The molecule has 2 nitrogen and oxygen atoms in total. The molecule has 2 aromatic carbocycles. The molecule has 0 amide bonds. The van der Waals surface area contributed by atoms with Gasteiger partial charge in [-0.3, -0.25) is 0 Å². The summed E-state index contributed by atoms with van der Waals surface area (Å²) in [6.07, 6.45) is 0. The Morgan fingerprint density at radius 2 is 1.80 bits per heavy atom. The van der Waals surface area contributed by atoms with Crippen LogP contribution < -0.4 is 10.1 Å². The van der Waals surface area contributed by atoms with Gasteiger partial charge in [0.2, 0.25) is 0 Å². The van der Waals surface area contributed by atoms with Crippen LogP contribution in [0.25, 0.3) is 0 Å². The van der Waals surface area contributed by atoms with Gasteiger partial charge in [-0.2, -0.15) is 0 Å². The Labute approximate surface area is 119 Å². The van der Waals surface area contributed by atoms with Crippen molar-refractivity contribution in [1.29, 1.82) is 0 Å².